The highest BCUT2D eigenvalue weighted by Gasteiger charge is 2.25. The monoisotopic (exact) mass is 232 g/mol. The van der Waals surface area contributed by atoms with Crippen LogP contribution in [0.4, 0.5) is 0 Å². The maximum Gasteiger partial charge on any atom is 0.0247 e. The second kappa shape index (κ2) is 5.65. The molecule has 0 aliphatic heterocycles. The minimum Gasteiger partial charge on any atom is -0.326 e. The molecule has 17 heavy (non-hydrogen) atoms. The Balaban J connectivity index is 1.98. The lowest BCUT2D eigenvalue weighted by Crippen LogP contribution is -2.47. The molecule has 2 unspecified atom stereocenters. The minimum absolute atomic E-state index is 0.360. The zero-order chi connectivity index (χ0) is 12.3. The number of rotatable bonds is 3. The van der Waals surface area contributed by atoms with Crippen molar-refractivity contribution >= 4 is 0 Å². The number of aryl methyl sites for hydroxylation is 1. The highest BCUT2D eigenvalue weighted by Crippen LogP contribution is 2.22. The van der Waals surface area contributed by atoms with Gasteiger partial charge in [0.1, 0.15) is 0 Å². The number of benzene rings is 1. The van der Waals surface area contributed by atoms with Gasteiger partial charge in [0, 0.05) is 18.6 Å². The Bertz CT molecular complexity index is 362. The molecule has 2 nitrogen and oxygen atoms in total. The summed E-state index contributed by atoms with van der Waals surface area (Å²) in [5, 5.41) is 0. The van der Waals surface area contributed by atoms with Crippen molar-refractivity contribution in [3.05, 3.63) is 35.4 Å². The molecule has 1 fully saturated rings. The fourth-order valence-corrected chi connectivity index (χ4v) is 2.90. The molecule has 1 aliphatic rings. The van der Waals surface area contributed by atoms with E-state index in [2.05, 4.69) is 43.1 Å². The van der Waals surface area contributed by atoms with Crippen LogP contribution in [0.15, 0.2) is 24.3 Å². The summed E-state index contributed by atoms with van der Waals surface area (Å²) in [4.78, 5) is 2.43. The van der Waals surface area contributed by atoms with Gasteiger partial charge in [-0.2, -0.15) is 0 Å². The van der Waals surface area contributed by atoms with Gasteiger partial charge in [-0.25, -0.2) is 0 Å². The van der Waals surface area contributed by atoms with Gasteiger partial charge in [-0.05, 0) is 32.4 Å². The molecule has 0 heterocycles. The van der Waals surface area contributed by atoms with Gasteiger partial charge in [0.2, 0.25) is 0 Å². The van der Waals surface area contributed by atoms with Crippen LogP contribution in [-0.2, 0) is 6.54 Å². The van der Waals surface area contributed by atoms with Crippen LogP contribution in [0.25, 0.3) is 0 Å². The number of hydrogen-bond acceptors (Lipinski definition) is 2. The molecule has 0 amide bonds. The quantitative estimate of drug-likeness (QED) is 0.868. The van der Waals surface area contributed by atoms with E-state index in [0.717, 1.165) is 6.54 Å². The lowest BCUT2D eigenvalue weighted by atomic mass is 9.90. The standard InChI is InChI=1S/C15H24N2/c1-12-6-5-7-13(10-12)11-17(2)15-9-4-3-8-14(15)16/h5-7,10,14-15H,3-4,8-9,11,16H2,1-2H3. The smallest absolute Gasteiger partial charge is 0.0247 e. The van der Waals surface area contributed by atoms with E-state index >= 15 is 0 Å². The van der Waals surface area contributed by atoms with Gasteiger partial charge < -0.3 is 5.73 Å². The first-order valence-corrected chi connectivity index (χ1v) is 6.68. The lowest BCUT2D eigenvalue weighted by Gasteiger charge is -2.36. The van der Waals surface area contributed by atoms with Crippen molar-refractivity contribution in [1.82, 2.24) is 4.90 Å². The van der Waals surface area contributed by atoms with Crippen molar-refractivity contribution in [2.24, 2.45) is 5.73 Å². The number of nitrogens with two attached hydrogens (primary N) is 1. The Hall–Kier alpha value is -0.860. The average molecular weight is 232 g/mol. The highest BCUT2D eigenvalue weighted by molar-refractivity contribution is 5.22. The number of hydrogen-bond donors (Lipinski definition) is 1. The van der Waals surface area contributed by atoms with Crippen molar-refractivity contribution in [3.8, 4) is 0 Å². The first kappa shape index (κ1) is 12.6. The van der Waals surface area contributed by atoms with Gasteiger partial charge in [0.15, 0.2) is 0 Å². The third-order valence-corrected chi connectivity index (χ3v) is 3.86. The van der Waals surface area contributed by atoms with E-state index in [1.54, 1.807) is 0 Å². The third-order valence-electron chi connectivity index (χ3n) is 3.86. The van der Waals surface area contributed by atoms with E-state index < -0.39 is 0 Å². The molecule has 0 aromatic heterocycles. The summed E-state index contributed by atoms with van der Waals surface area (Å²) in [7, 11) is 2.21. The van der Waals surface area contributed by atoms with Crippen LogP contribution in [0.3, 0.4) is 0 Å². The van der Waals surface area contributed by atoms with E-state index in [1.807, 2.05) is 0 Å². The van der Waals surface area contributed by atoms with Gasteiger partial charge in [-0.15, -0.1) is 0 Å². The molecule has 0 radical (unpaired) electrons. The maximum atomic E-state index is 6.22. The first-order valence-electron chi connectivity index (χ1n) is 6.68. The predicted octanol–water partition coefficient (Wildman–Crippen LogP) is 2.70. The zero-order valence-electron chi connectivity index (χ0n) is 11.0. The Morgan fingerprint density at radius 2 is 2.06 bits per heavy atom. The Morgan fingerprint density at radius 1 is 1.29 bits per heavy atom. The lowest BCUT2D eigenvalue weighted by molar-refractivity contribution is 0.162. The van der Waals surface area contributed by atoms with Crippen molar-refractivity contribution in [2.45, 2.75) is 51.2 Å². The molecule has 0 bridgehead atoms. The van der Waals surface area contributed by atoms with Gasteiger partial charge in [0.25, 0.3) is 0 Å². The van der Waals surface area contributed by atoms with E-state index in [4.69, 9.17) is 5.73 Å². The van der Waals surface area contributed by atoms with Gasteiger partial charge in [-0.1, -0.05) is 42.7 Å². The van der Waals surface area contributed by atoms with Crippen LogP contribution < -0.4 is 5.73 Å². The molecule has 1 saturated carbocycles. The average Bonchev–Trinajstić information content (AvgIpc) is 2.29. The van der Waals surface area contributed by atoms with Crippen LogP contribution >= 0.6 is 0 Å². The molecule has 0 spiro atoms. The van der Waals surface area contributed by atoms with E-state index in [-0.39, 0.29) is 0 Å². The van der Waals surface area contributed by atoms with Crippen LogP contribution in [0.2, 0.25) is 0 Å². The molecule has 1 aliphatic carbocycles. The molecule has 2 rings (SSSR count). The predicted molar refractivity (Wildman–Crippen MR) is 72.9 cm³/mol. The summed E-state index contributed by atoms with van der Waals surface area (Å²) in [6.45, 7) is 3.16. The molecule has 2 heteroatoms. The van der Waals surface area contributed by atoms with Crippen LogP contribution in [0.1, 0.15) is 36.8 Å². The van der Waals surface area contributed by atoms with Crippen molar-refractivity contribution in [1.29, 1.82) is 0 Å². The van der Waals surface area contributed by atoms with E-state index in [9.17, 15) is 0 Å². The molecule has 2 atom stereocenters. The fraction of sp³-hybridized carbons (Fsp3) is 0.600. The Labute approximate surface area is 105 Å². The maximum absolute atomic E-state index is 6.22. The molecule has 0 saturated heterocycles. The van der Waals surface area contributed by atoms with Crippen molar-refractivity contribution < 1.29 is 0 Å². The summed E-state index contributed by atoms with van der Waals surface area (Å²) in [6, 6.07) is 9.68. The number of likely N-dealkylation sites (N-methyl/N-ethyl adjacent to an activating group) is 1. The second-order valence-electron chi connectivity index (χ2n) is 5.42. The Morgan fingerprint density at radius 3 is 2.76 bits per heavy atom. The van der Waals surface area contributed by atoms with Gasteiger partial charge >= 0.3 is 0 Å². The summed E-state index contributed by atoms with van der Waals surface area (Å²) >= 11 is 0. The SMILES string of the molecule is Cc1cccc(CN(C)C2CCCCC2N)c1. The molecule has 1 aromatic rings. The molecular weight excluding hydrogens is 208 g/mol. The van der Waals surface area contributed by atoms with Gasteiger partial charge in [0.05, 0.1) is 0 Å². The molecular formula is C15H24N2. The summed E-state index contributed by atoms with van der Waals surface area (Å²) in [6.07, 6.45) is 5.07. The summed E-state index contributed by atoms with van der Waals surface area (Å²) in [5.74, 6) is 0. The van der Waals surface area contributed by atoms with Crippen LogP contribution in [-0.4, -0.2) is 24.0 Å². The Kier molecular flexibility index (Phi) is 4.19. The van der Waals surface area contributed by atoms with Gasteiger partial charge in [-0.3, -0.25) is 4.90 Å². The third kappa shape index (κ3) is 3.30. The fourth-order valence-electron chi connectivity index (χ4n) is 2.90. The second-order valence-corrected chi connectivity index (χ2v) is 5.42. The zero-order valence-corrected chi connectivity index (χ0v) is 11.0. The first-order chi connectivity index (χ1) is 8.16. The van der Waals surface area contributed by atoms with Crippen molar-refractivity contribution in [3.63, 3.8) is 0 Å². The molecule has 94 valence electrons. The largest absolute Gasteiger partial charge is 0.326 e. The van der Waals surface area contributed by atoms with Crippen LogP contribution in [0, 0.1) is 6.92 Å². The molecule has 1 aromatic carbocycles. The van der Waals surface area contributed by atoms with E-state index in [0.29, 0.717) is 12.1 Å². The van der Waals surface area contributed by atoms with E-state index in [1.165, 1.54) is 36.8 Å². The topological polar surface area (TPSA) is 29.3 Å². The summed E-state index contributed by atoms with van der Waals surface area (Å²) in [5.41, 5.74) is 8.95. The number of nitrogens with zero attached hydrogens (tertiary/aromatic N) is 1. The minimum atomic E-state index is 0.360. The summed E-state index contributed by atoms with van der Waals surface area (Å²) < 4.78 is 0. The molecule has 2 N–H and O–H groups in total. The van der Waals surface area contributed by atoms with Crippen molar-refractivity contribution in [2.75, 3.05) is 7.05 Å². The highest BCUT2D eigenvalue weighted by atomic mass is 15.1. The van der Waals surface area contributed by atoms with Crippen LogP contribution in [0.5, 0.6) is 0 Å². The normalized spacial score (nSPS) is 25.2.